The van der Waals surface area contributed by atoms with Gasteiger partial charge < -0.3 is 10.3 Å². The van der Waals surface area contributed by atoms with Gasteiger partial charge in [-0.05, 0) is 47.0 Å². The molecule has 0 amide bonds. The van der Waals surface area contributed by atoms with Gasteiger partial charge in [-0.25, -0.2) is 0 Å². The molecule has 2 aromatic rings. The van der Waals surface area contributed by atoms with E-state index < -0.39 is 0 Å². The molecule has 4 nitrogen and oxygen atoms in total. The van der Waals surface area contributed by atoms with Crippen molar-refractivity contribution < 1.29 is 4.52 Å². The Morgan fingerprint density at radius 2 is 1.81 bits per heavy atom. The fraction of sp³-hybridized carbons (Fsp3) is 0.500. The Bertz CT molecular complexity index is 603. The number of nitrogens with two attached hydrogens (primary N) is 1. The average Bonchev–Trinajstić information content (AvgIpc) is 2.91. The lowest BCUT2D eigenvalue weighted by atomic mass is 9.91. The van der Waals surface area contributed by atoms with Crippen molar-refractivity contribution in [2.45, 2.75) is 50.9 Å². The molecule has 1 fully saturated rings. The zero-order chi connectivity index (χ0) is 14.7. The van der Waals surface area contributed by atoms with Gasteiger partial charge in [-0.3, -0.25) is 0 Å². The van der Waals surface area contributed by atoms with Crippen molar-refractivity contribution in [3.63, 3.8) is 0 Å². The fourth-order valence-electron chi connectivity index (χ4n) is 2.91. The maximum atomic E-state index is 5.91. The van der Waals surface area contributed by atoms with Gasteiger partial charge in [-0.1, -0.05) is 37.3 Å². The monoisotopic (exact) mass is 349 g/mol. The number of aromatic nitrogens is 2. The molecule has 0 aliphatic heterocycles. The van der Waals surface area contributed by atoms with Gasteiger partial charge in [0.15, 0.2) is 5.82 Å². The second kappa shape index (κ2) is 6.60. The quantitative estimate of drug-likeness (QED) is 0.782. The summed E-state index contributed by atoms with van der Waals surface area (Å²) in [5, 5.41) is 4.20. The summed E-state index contributed by atoms with van der Waals surface area (Å²) in [5.41, 5.74) is 7.46. The molecule has 21 heavy (non-hydrogen) atoms. The van der Waals surface area contributed by atoms with E-state index in [4.69, 9.17) is 10.3 Å². The molecule has 1 aromatic heterocycles. The molecular formula is C16H20BrN3O. The lowest BCUT2D eigenvalue weighted by molar-refractivity contribution is 0.393. The molecule has 1 aliphatic carbocycles. The van der Waals surface area contributed by atoms with Crippen molar-refractivity contribution in [3.05, 3.63) is 28.5 Å². The first-order chi connectivity index (χ1) is 10.2. The lowest BCUT2D eigenvalue weighted by Gasteiger charge is -2.15. The van der Waals surface area contributed by atoms with Gasteiger partial charge in [0.25, 0.3) is 5.89 Å². The van der Waals surface area contributed by atoms with E-state index in [9.17, 15) is 0 Å². The molecule has 2 N–H and O–H groups in total. The minimum atomic E-state index is 0.440. The van der Waals surface area contributed by atoms with E-state index >= 15 is 0 Å². The zero-order valence-electron chi connectivity index (χ0n) is 12.0. The summed E-state index contributed by atoms with van der Waals surface area (Å²) in [4.78, 5) is 4.60. The molecule has 1 saturated carbocycles. The molecule has 0 spiro atoms. The SMILES string of the molecule is Nc1cc(-c2nc(C3CCCCCCC3)no2)ccc1Br. The Morgan fingerprint density at radius 3 is 2.52 bits per heavy atom. The molecule has 5 heteroatoms. The Hall–Kier alpha value is -1.36. The van der Waals surface area contributed by atoms with Crippen molar-refractivity contribution in [2.75, 3.05) is 5.73 Å². The van der Waals surface area contributed by atoms with Crippen LogP contribution in [0.2, 0.25) is 0 Å². The molecule has 0 bridgehead atoms. The van der Waals surface area contributed by atoms with Crippen molar-refractivity contribution >= 4 is 21.6 Å². The topological polar surface area (TPSA) is 64.9 Å². The van der Waals surface area contributed by atoms with Crippen LogP contribution in [0, 0.1) is 0 Å². The van der Waals surface area contributed by atoms with Crippen LogP contribution >= 0.6 is 15.9 Å². The number of nitrogens with zero attached hydrogens (tertiary/aromatic N) is 2. The van der Waals surface area contributed by atoms with Crippen molar-refractivity contribution in [1.82, 2.24) is 10.1 Å². The molecule has 0 atom stereocenters. The second-order valence-corrected chi connectivity index (χ2v) is 6.59. The Balaban J connectivity index is 1.79. The summed E-state index contributed by atoms with van der Waals surface area (Å²) < 4.78 is 6.32. The second-order valence-electron chi connectivity index (χ2n) is 5.74. The number of anilines is 1. The van der Waals surface area contributed by atoms with Crippen LogP contribution in [0.5, 0.6) is 0 Å². The molecule has 3 rings (SSSR count). The highest BCUT2D eigenvalue weighted by Gasteiger charge is 2.20. The number of benzene rings is 1. The van der Waals surface area contributed by atoms with Gasteiger partial charge >= 0.3 is 0 Å². The summed E-state index contributed by atoms with van der Waals surface area (Å²) in [7, 11) is 0. The normalized spacial score (nSPS) is 17.4. The first kappa shape index (κ1) is 14.6. The third kappa shape index (κ3) is 3.46. The largest absolute Gasteiger partial charge is 0.398 e. The van der Waals surface area contributed by atoms with Crippen LogP contribution in [-0.4, -0.2) is 10.1 Å². The Morgan fingerprint density at radius 1 is 1.10 bits per heavy atom. The van der Waals surface area contributed by atoms with Crippen LogP contribution in [0.3, 0.4) is 0 Å². The van der Waals surface area contributed by atoms with Crippen LogP contribution in [-0.2, 0) is 0 Å². The minimum absolute atomic E-state index is 0.440. The van der Waals surface area contributed by atoms with Crippen LogP contribution in [0.15, 0.2) is 27.2 Å². The van der Waals surface area contributed by atoms with E-state index in [-0.39, 0.29) is 0 Å². The average molecular weight is 350 g/mol. The van der Waals surface area contributed by atoms with Crippen molar-refractivity contribution in [1.29, 1.82) is 0 Å². The third-order valence-corrected chi connectivity index (χ3v) is 4.88. The molecule has 0 radical (unpaired) electrons. The number of nitrogen functional groups attached to an aromatic ring is 1. The molecule has 1 aliphatic rings. The summed E-state index contributed by atoms with van der Waals surface area (Å²) in [6.45, 7) is 0. The lowest BCUT2D eigenvalue weighted by Crippen LogP contribution is -2.04. The van der Waals surface area contributed by atoms with Gasteiger partial charge in [0, 0.05) is 21.6 Å². The highest BCUT2D eigenvalue weighted by molar-refractivity contribution is 9.10. The fourth-order valence-corrected chi connectivity index (χ4v) is 3.16. The van der Waals surface area contributed by atoms with E-state index in [1.54, 1.807) is 0 Å². The van der Waals surface area contributed by atoms with Gasteiger partial charge in [-0.15, -0.1) is 0 Å². The maximum absolute atomic E-state index is 5.91. The van der Waals surface area contributed by atoms with Crippen LogP contribution in [0.4, 0.5) is 5.69 Å². The van der Waals surface area contributed by atoms with Crippen LogP contribution in [0.25, 0.3) is 11.5 Å². The number of hydrogen-bond donors (Lipinski definition) is 1. The molecule has 0 unspecified atom stereocenters. The molecule has 112 valence electrons. The molecule has 1 heterocycles. The summed E-state index contributed by atoms with van der Waals surface area (Å²) in [6, 6.07) is 5.71. The first-order valence-corrected chi connectivity index (χ1v) is 8.42. The highest BCUT2D eigenvalue weighted by Crippen LogP contribution is 2.31. The van der Waals surface area contributed by atoms with Crippen LogP contribution in [0.1, 0.15) is 56.7 Å². The van der Waals surface area contributed by atoms with E-state index in [1.807, 2.05) is 18.2 Å². The third-order valence-electron chi connectivity index (χ3n) is 4.16. The van der Waals surface area contributed by atoms with Crippen molar-refractivity contribution in [2.24, 2.45) is 0 Å². The molecular weight excluding hydrogens is 330 g/mol. The Labute approximate surface area is 133 Å². The van der Waals surface area contributed by atoms with Gasteiger partial charge in [0.05, 0.1) is 0 Å². The van der Waals surface area contributed by atoms with E-state index in [0.717, 1.165) is 15.9 Å². The zero-order valence-corrected chi connectivity index (χ0v) is 13.6. The van der Waals surface area contributed by atoms with Gasteiger partial charge in [0.2, 0.25) is 0 Å². The predicted molar refractivity (Wildman–Crippen MR) is 86.9 cm³/mol. The Kier molecular flexibility index (Phi) is 4.58. The highest BCUT2D eigenvalue weighted by atomic mass is 79.9. The maximum Gasteiger partial charge on any atom is 0.258 e. The van der Waals surface area contributed by atoms with Crippen molar-refractivity contribution in [3.8, 4) is 11.5 Å². The van der Waals surface area contributed by atoms with Gasteiger partial charge in [0.1, 0.15) is 0 Å². The first-order valence-electron chi connectivity index (χ1n) is 7.63. The van der Waals surface area contributed by atoms with Crippen LogP contribution < -0.4 is 5.73 Å². The summed E-state index contributed by atoms with van der Waals surface area (Å²) in [6.07, 6.45) is 8.87. The summed E-state index contributed by atoms with van der Waals surface area (Å²) >= 11 is 3.39. The van der Waals surface area contributed by atoms with E-state index in [1.165, 1.54) is 44.9 Å². The van der Waals surface area contributed by atoms with Gasteiger partial charge in [-0.2, -0.15) is 4.98 Å². The van der Waals surface area contributed by atoms with E-state index in [0.29, 0.717) is 17.5 Å². The number of rotatable bonds is 2. The predicted octanol–water partition coefficient (Wildman–Crippen LogP) is 4.91. The standard InChI is InChI=1S/C16H20BrN3O/c17-13-9-8-12(10-14(13)18)16-19-15(20-21-16)11-6-4-2-1-3-5-7-11/h8-11H,1-7,18H2. The number of hydrogen-bond acceptors (Lipinski definition) is 4. The number of halogens is 1. The summed E-state index contributed by atoms with van der Waals surface area (Å²) in [5.74, 6) is 1.86. The van der Waals surface area contributed by atoms with E-state index in [2.05, 4.69) is 26.1 Å². The smallest absolute Gasteiger partial charge is 0.258 e. The molecule has 0 saturated heterocycles. The molecule has 1 aromatic carbocycles. The minimum Gasteiger partial charge on any atom is -0.398 e.